The van der Waals surface area contributed by atoms with Crippen LogP contribution in [-0.4, -0.2) is 65.0 Å². The Morgan fingerprint density at radius 3 is 2.90 bits per heavy atom. The first kappa shape index (κ1) is 14.4. The molecule has 20 heavy (non-hydrogen) atoms. The van der Waals surface area contributed by atoms with Crippen LogP contribution in [0.1, 0.15) is 5.56 Å². The van der Waals surface area contributed by atoms with Crippen LogP contribution in [0.25, 0.3) is 0 Å². The van der Waals surface area contributed by atoms with Gasteiger partial charge in [-0.3, -0.25) is 9.80 Å². The highest BCUT2D eigenvalue weighted by Crippen LogP contribution is 2.19. The minimum absolute atomic E-state index is 0.156. The van der Waals surface area contributed by atoms with Crippen LogP contribution >= 0.6 is 11.8 Å². The number of nitrogens with zero attached hydrogens (tertiary/aromatic N) is 3. The monoisotopic (exact) mass is 292 g/mol. The quantitative estimate of drug-likeness (QED) is 0.895. The molecular formula is C15H22N3OS. The number of hydrogen-bond donors (Lipinski definition) is 1. The largest absolute Gasteiger partial charge is 0.377 e. The molecule has 0 saturated carbocycles. The summed E-state index contributed by atoms with van der Waals surface area (Å²) < 4.78 is 0. The van der Waals surface area contributed by atoms with Gasteiger partial charge in [0, 0.05) is 44.2 Å². The van der Waals surface area contributed by atoms with Gasteiger partial charge in [-0.25, -0.2) is 5.32 Å². The maximum atomic E-state index is 10.1. The lowest BCUT2D eigenvalue weighted by Crippen LogP contribution is -2.59. The van der Waals surface area contributed by atoms with E-state index in [9.17, 15) is 5.11 Å². The summed E-state index contributed by atoms with van der Waals surface area (Å²) in [5, 5.41) is 14.8. The van der Waals surface area contributed by atoms with E-state index >= 15 is 0 Å². The van der Waals surface area contributed by atoms with Crippen LogP contribution in [0.5, 0.6) is 0 Å². The highest BCUT2D eigenvalue weighted by atomic mass is 32.2. The molecule has 2 aliphatic rings. The summed E-state index contributed by atoms with van der Waals surface area (Å²) in [6, 6.07) is 10.6. The van der Waals surface area contributed by atoms with E-state index < -0.39 is 0 Å². The lowest BCUT2D eigenvalue weighted by Gasteiger charge is -2.42. The SMILES string of the molecule is OC1CSCCN1C1CN(Cc2ccccc2)CC[N]1. The molecule has 3 rings (SSSR count). The molecule has 2 fully saturated rings. The molecule has 109 valence electrons. The van der Waals surface area contributed by atoms with E-state index in [2.05, 4.69) is 40.1 Å². The summed E-state index contributed by atoms with van der Waals surface area (Å²) in [5.74, 6) is 1.91. The van der Waals surface area contributed by atoms with Crippen molar-refractivity contribution in [1.82, 2.24) is 15.1 Å². The Hall–Kier alpha value is -0.590. The van der Waals surface area contributed by atoms with E-state index in [1.807, 2.05) is 11.8 Å². The van der Waals surface area contributed by atoms with Crippen LogP contribution in [0.15, 0.2) is 30.3 Å². The Balaban J connectivity index is 1.58. The third-order valence-corrected chi connectivity index (χ3v) is 4.96. The van der Waals surface area contributed by atoms with E-state index in [0.717, 1.165) is 44.2 Å². The lowest BCUT2D eigenvalue weighted by atomic mass is 10.2. The maximum Gasteiger partial charge on any atom is 0.117 e. The van der Waals surface area contributed by atoms with Crippen LogP contribution in [0.2, 0.25) is 0 Å². The van der Waals surface area contributed by atoms with Crippen molar-refractivity contribution in [3.63, 3.8) is 0 Å². The lowest BCUT2D eigenvalue weighted by molar-refractivity contribution is -0.0396. The molecule has 1 N–H and O–H groups in total. The predicted molar refractivity (Wildman–Crippen MR) is 82.5 cm³/mol. The molecule has 2 saturated heterocycles. The molecule has 1 aromatic rings. The van der Waals surface area contributed by atoms with Gasteiger partial charge in [-0.2, -0.15) is 11.8 Å². The Kier molecular flexibility index (Phi) is 4.96. The minimum atomic E-state index is -0.334. The first-order valence-electron chi connectivity index (χ1n) is 7.27. The molecule has 2 atom stereocenters. The molecule has 2 aliphatic heterocycles. The van der Waals surface area contributed by atoms with Gasteiger partial charge >= 0.3 is 0 Å². The number of thioether (sulfide) groups is 1. The van der Waals surface area contributed by atoms with Crippen LogP contribution in [-0.2, 0) is 6.54 Å². The zero-order chi connectivity index (χ0) is 13.8. The Morgan fingerprint density at radius 2 is 2.10 bits per heavy atom. The van der Waals surface area contributed by atoms with Crippen molar-refractivity contribution in [2.75, 3.05) is 37.7 Å². The summed E-state index contributed by atoms with van der Waals surface area (Å²) in [7, 11) is 0. The zero-order valence-electron chi connectivity index (χ0n) is 11.7. The number of hydrogen-bond acceptors (Lipinski definition) is 4. The van der Waals surface area contributed by atoms with Gasteiger partial charge in [0.15, 0.2) is 0 Å². The Labute approximate surface area is 125 Å². The maximum absolute atomic E-state index is 10.1. The van der Waals surface area contributed by atoms with E-state index in [0.29, 0.717) is 0 Å². The standard InChI is InChI=1S/C15H22N3OS/c19-15-12-20-9-8-18(15)14-11-17(7-6-16-14)10-13-4-2-1-3-5-13/h1-5,14-15,19H,6-12H2. The highest BCUT2D eigenvalue weighted by molar-refractivity contribution is 7.99. The molecule has 0 amide bonds. The molecule has 0 aliphatic carbocycles. The second-order valence-electron chi connectivity index (χ2n) is 5.40. The molecule has 0 bridgehead atoms. The summed E-state index contributed by atoms with van der Waals surface area (Å²) >= 11 is 1.83. The van der Waals surface area contributed by atoms with Crippen LogP contribution in [0.3, 0.4) is 0 Å². The van der Waals surface area contributed by atoms with Crippen molar-refractivity contribution in [2.45, 2.75) is 18.9 Å². The van der Waals surface area contributed by atoms with Gasteiger partial charge in [0.05, 0.1) is 6.17 Å². The fourth-order valence-corrected chi connectivity index (χ4v) is 3.78. The van der Waals surface area contributed by atoms with Gasteiger partial charge in [-0.05, 0) is 5.56 Å². The molecule has 0 aromatic heterocycles. The van der Waals surface area contributed by atoms with Crippen molar-refractivity contribution in [3.8, 4) is 0 Å². The zero-order valence-corrected chi connectivity index (χ0v) is 12.5. The summed E-state index contributed by atoms with van der Waals surface area (Å²) in [6.45, 7) is 4.74. The smallest absolute Gasteiger partial charge is 0.117 e. The molecule has 1 radical (unpaired) electrons. The molecule has 0 spiro atoms. The Morgan fingerprint density at radius 1 is 1.25 bits per heavy atom. The van der Waals surface area contributed by atoms with E-state index in [1.54, 1.807) is 0 Å². The van der Waals surface area contributed by atoms with Gasteiger partial charge in [-0.15, -0.1) is 0 Å². The average Bonchev–Trinajstić information content (AvgIpc) is 2.49. The van der Waals surface area contributed by atoms with Gasteiger partial charge in [0.2, 0.25) is 0 Å². The molecular weight excluding hydrogens is 270 g/mol. The van der Waals surface area contributed by atoms with E-state index in [1.165, 1.54) is 5.56 Å². The fourth-order valence-electron chi connectivity index (χ4n) is 2.87. The van der Waals surface area contributed by atoms with Crippen molar-refractivity contribution in [3.05, 3.63) is 35.9 Å². The van der Waals surface area contributed by atoms with Crippen LogP contribution in [0, 0.1) is 0 Å². The normalized spacial score (nSPS) is 29.4. The topological polar surface area (TPSA) is 40.8 Å². The van der Waals surface area contributed by atoms with Gasteiger partial charge in [0.1, 0.15) is 6.23 Å². The van der Waals surface area contributed by atoms with Crippen molar-refractivity contribution in [1.29, 1.82) is 0 Å². The Bertz CT molecular complexity index is 417. The fraction of sp³-hybridized carbons (Fsp3) is 0.600. The second-order valence-corrected chi connectivity index (χ2v) is 6.55. The third-order valence-electron chi connectivity index (χ3n) is 3.95. The molecule has 1 aromatic carbocycles. The average molecular weight is 292 g/mol. The van der Waals surface area contributed by atoms with Gasteiger partial charge < -0.3 is 5.11 Å². The second kappa shape index (κ2) is 6.91. The number of rotatable bonds is 3. The predicted octanol–water partition coefficient (Wildman–Crippen LogP) is 0.800. The molecule has 2 unspecified atom stereocenters. The first-order valence-corrected chi connectivity index (χ1v) is 8.43. The number of aliphatic hydroxyl groups excluding tert-OH is 1. The number of aliphatic hydroxyl groups is 1. The molecule has 4 nitrogen and oxygen atoms in total. The summed E-state index contributed by atoms with van der Waals surface area (Å²) in [5.41, 5.74) is 1.35. The van der Waals surface area contributed by atoms with E-state index in [4.69, 9.17) is 5.32 Å². The van der Waals surface area contributed by atoms with Crippen molar-refractivity contribution < 1.29 is 5.11 Å². The number of benzene rings is 1. The summed E-state index contributed by atoms with van der Waals surface area (Å²) in [6.07, 6.45) is -0.178. The van der Waals surface area contributed by atoms with Gasteiger partial charge in [-0.1, -0.05) is 30.3 Å². The van der Waals surface area contributed by atoms with E-state index in [-0.39, 0.29) is 12.4 Å². The third kappa shape index (κ3) is 3.54. The van der Waals surface area contributed by atoms with Crippen molar-refractivity contribution in [2.24, 2.45) is 0 Å². The summed E-state index contributed by atoms with van der Waals surface area (Å²) in [4.78, 5) is 4.61. The van der Waals surface area contributed by atoms with Crippen LogP contribution < -0.4 is 5.32 Å². The minimum Gasteiger partial charge on any atom is -0.377 e. The molecule has 5 heteroatoms. The first-order chi connectivity index (χ1) is 9.83. The van der Waals surface area contributed by atoms with Crippen LogP contribution in [0.4, 0.5) is 0 Å². The highest BCUT2D eigenvalue weighted by Gasteiger charge is 2.31. The van der Waals surface area contributed by atoms with Gasteiger partial charge in [0.25, 0.3) is 0 Å². The van der Waals surface area contributed by atoms with Crippen molar-refractivity contribution >= 4 is 11.8 Å². The number of piperazine rings is 1. The molecule has 2 heterocycles.